The van der Waals surface area contributed by atoms with Crippen LogP contribution in [-0.2, 0) is 13.6 Å². The molecule has 0 aromatic rings. The molecule has 168 valence electrons. The van der Waals surface area contributed by atoms with Crippen molar-refractivity contribution < 1.29 is 13.6 Å². The maximum atomic E-state index is 10.4. The van der Waals surface area contributed by atoms with Crippen molar-refractivity contribution in [3.8, 4) is 0 Å². The van der Waals surface area contributed by atoms with Crippen molar-refractivity contribution >= 4 is 54.8 Å². The van der Waals surface area contributed by atoms with E-state index in [2.05, 4.69) is 113 Å². The van der Waals surface area contributed by atoms with E-state index < -0.39 is 16.6 Å². The van der Waals surface area contributed by atoms with Gasteiger partial charge in [-0.1, -0.05) is 61.5 Å². The molecule has 0 aromatic heterocycles. The van der Waals surface area contributed by atoms with E-state index >= 15 is 0 Å². The van der Waals surface area contributed by atoms with Crippen LogP contribution in [0.15, 0.2) is 9.47 Å². The zero-order valence-electron chi connectivity index (χ0n) is 20.2. The van der Waals surface area contributed by atoms with Crippen LogP contribution in [0.3, 0.4) is 0 Å². The van der Waals surface area contributed by atoms with E-state index in [0.29, 0.717) is 17.6 Å². The first kappa shape index (κ1) is 30.9. The number of halogens is 2. The third-order valence-corrected chi connectivity index (χ3v) is 15.2. The normalized spacial score (nSPS) is 15.2. The number of rotatable bonds is 8. The molecule has 3 nitrogen and oxygen atoms in total. The SMILES string of the molecule is C[C@H](C=C(Br)Br)CO[Si](C)(C)C(C)(C)C.C[C@H](C=O)CO[Si](C)(C)C(C)(C)C. The molecular formula is C21H44Br2O3Si2. The zero-order chi connectivity index (χ0) is 23.0. The van der Waals surface area contributed by atoms with E-state index in [1.54, 1.807) is 0 Å². The minimum atomic E-state index is -1.64. The average molecular weight is 561 g/mol. The van der Waals surface area contributed by atoms with Crippen molar-refractivity contribution in [2.75, 3.05) is 13.2 Å². The number of hydrogen-bond donors (Lipinski definition) is 0. The van der Waals surface area contributed by atoms with Crippen LogP contribution in [0.1, 0.15) is 55.4 Å². The Hall–Kier alpha value is 0.724. The first-order valence-corrected chi connectivity index (χ1v) is 17.4. The summed E-state index contributed by atoms with van der Waals surface area (Å²) in [4.78, 5) is 10.4. The molecule has 0 bridgehead atoms. The van der Waals surface area contributed by atoms with E-state index in [9.17, 15) is 4.79 Å². The number of carbonyl (C=O) groups is 1. The number of hydrogen-bond acceptors (Lipinski definition) is 3. The Bertz CT molecular complexity index is 489. The van der Waals surface area contributed by atoms with Crippen LogP contribution in [0.4, 0.5) is 0 Å². The van der Waals surface area contributed by atoms with Gasteiger partial charge in [0.05, 0.1) is 3.39 Å². The standard InChI is InChI=1S/C11H22Br2OSi.C10H22O2Si/c1-9(7-10(12)13)8-14-15(5,6)11(2,3)4;1-9(7-11)8-12-13(5,6)10(2,3)4/h7,9H,8H2,1-6H3;7,9H,8H2,1-6H3/t2*9-/m11/s1. The number of carbonyl (C=O) groups excluding carboxylic acids is 1. The maximum Gasteiger partial charge on any atom is 0.192 e. The fourth-order valence-electron chi connectivity index (χ4n) is 1.42. The second-order valence-electron chi connectivity index (χ2n) is 10.7. The van der Waals surface area contributed by atoms with Gasteiger partial charge < -0.3 is 13.6 Å². The van der Waals surface area contributed by atoms with Crippen molar-refractivity contribution in [2.45, 2.75) is 91.7 Å². The summed E-state index contributed by atoms with van der Waals surface area (Å²) < 4.78 is 13.0. The summed E-state index contributed by atoms with van der Waals surface area (Å²) >= 11 is 6.74. The average Bonchev–Trinajstić information content (AvgIpc) is 2.48. The lowest BCUT2D eigenvalue weighted by molar-refractivity contribution is -0.111. The predicted octanol–water partition coefficient (Wildman–Crippen LogP) is 8.12. The van der Waals surface area contributed by atoms with Gasteiger partial charge in [0.2, 0.25) is 0 Å². The van der Waals surface area contributed by atoms with Crippen LogP contribution in [0.25, 0.3) is 0 Å². The molecule has 0 fully saturated rings. The molecule has 0 aliphatic carbocycles. The third kappa shape index (κ3) is 13.1. The summed E-state index contributed by atoms with van der Waals surface area (Å²) in [5.74, 6) is 0.460. The molecule has 0 aromatic carbocycles. The van der Waals surface area contributed by atoms with Crippen LogP contribution >= 0.6 is 31.9 Å². The number of aldehydes is 1. The molecule has 7 heteroatoms. The summed E-state index contributed by atoms with van der Waals surface area (Å²) in [6.07, 6.45) is 3.07. The van der Waals surface area contributed by atoms with Gasteiger partial charge >= 0.3 is 0 Å². The van der Waals surface area contributed by atoms with Crippen LogP contribution in [0.2, 0.25) is 36.3 Å². The topological polar surface area (TPSA) is 35.5 Å². The van der Waals surface area contributed by atoms with Gasteiger partial charge in [-0.3, -0.25) is 0 Å². The fourth-order valence-corrected chi connectivity index (χ4v) is 4.54. The summed E-state index contributed by atoms with van der Waals surface area (Å²) in [5, 5.41) is 0.525. The van der Waals surface area contributed by atoms with Gasteiger partial charge in [0.25, 0.3) is 0 Å². The van der Waals surface area contributed by atoms with Gasteiger partial charge in [0, 0.05) is 19.1 Å². The van der Waals surface area contributed by atoms with Crippen molar-refractivity contribution in [1.29, 1.82) is 0 Å². The lowest BCUT2D eigenvalue weighted by Gasteiger charge is -2.36. The zero-order valence-corrected chi connectivity index (χ0v) is 25.4. The van der Waals surface area contributed by atoms with Gasteiger partial charge in [-0.05, 0) is 74.0 Å². The Morgan fingerprint density at radius 1 is 0.821 bits per heavy atom. The minimum Gasteiger partial charge on any atom is -0.416 e. The predicted molar refractivity (Wildman–Crippen MR) is 137 cm³/mol. The monoisotopic (exact) mass is 558 g/mol. The lowest BCUT2D eigenvalue weighted by atomic mass is 10.2. The Balaban J connectivity index is 0. The largest absolute Gasteiger partial charge is 0.416 e. The van der Waals surface area contributed by atoms with Crippen LogP contribution in [0.5, 0.6) is 0 Å². The molecule has 28 heavy (non-hydrogen) atoms. The summed E-state index contributed by atoms with van der Waals surface area (Å²) in [7, 11) is -3.22. The molecule has 0 N–H and O–H groups in total. The molecule has 0 saturated heterocycles. The smallest absolute Gasteiger partial charge is 0.192 e. The summed E-state index contributed by atoms with van der Waals surface area (Å²) in [5.41, 5.74) is 0. The highest BCUT2D eigenvalue weighted by atomic mass is 79.9. The lowest BCUT2D eigenvalue weighted by Crippen LogP contribution is -2.41. The van der Waals surface area contributed by atoms with Gasteiger partial charge in [-0.15, -0.1) is 0 Å². The highest BCUT2D eigenvalue weighted by Gasteiger charge is 2.38. The highest BCUT2D eigenvalue weighted by molar-refractivity contribution is 9.28. The van der Waals surface area contributed by atoms with E-state index in [4.69, 9.17) is 8.85 Å². The van der Waals surface area contributed by atoms with Crippen molar-refractivity contribution in [3.05, 3.63) is 9.47 Å². The molecular weight excluding hydrogens is 516 g/mol. The van der Waals surface area contributed by atoms with E-state index in [1.807, 2.05) is 6.92 Å². The van der Waals surface area contributed by atoms with E-state index in [0.717, 1.165) is 16.3 Å². The molecule has 0 radical (unpaired) electrons. The second-order valence-corrected chi connectivity index (χ2v) is 23.1. The van der Waals surface area contributed by atoms with E-state index in [1.165, 1.54) is 0 Å². The quantitative estimate of drug-likeness (QED) is 0.222. The highest BCUT2D eigenvalue weighted by Crippen LogP contribution is 2.37. The molecule has 0 aliphatic heterocycles. The maximum absolute atomic E-state index is 10.4. The van der Waals surface area contributed by atoms with Crippen LogP contribution in [0, 0.1) is 11.8 Å². The minimum absolute atomic E-state index is 0.0223. The Morgan fingerprint density at radius 3 is 1.39 bits per heavy atom. The van der Waals surface area contributed by atoms with Crippen molar-refractivity contribution in [2.24, 2.45) is 11.8 Å². The molecule has 0 heterocycles. The van der Waals surface area contributed by atoms with Crippen molar-refractivity contribution in [1.82, 2.24) is 0 Å². The first-order valence-electron chi connectivity index (χ1n) is 10.0. The fraction of sp³-hybridized carbons (Fsp3) is 0.857. The summed E-state index contributed by atoms with van der Waals surface area (Å²) in [6.45, 7) is 27.8. The molecule has 0 amide bonds. The molecule has 0 unspecified atom stereocenters. The second kappa shape index (κ2) is 12.5. The van der Waals surface area contributed by atoms with Crippen LogP contribution < -0.4 is 0 Å². The van der Waals surface area contributed by atoms with E-state index in [-0.39, 0.29) is 11.0 Å². The Morgan fingerprint density at radius 2 is 1.14 bits per heavy atom. The van der Waals surface area contributed by atoms with Crippen LogP contribution in [-0.4, -0.2) is 36.1 Å². The van der Waals surface area contributed by atoms with Gasteiger partial charge in [-0.25, -0.2) is 0 Å². The van der Waals surface area contributed by atoms with Gasteiger partial charge in [-0.2, -0.15) is 0 Å². The Labute approximate surface area is 193 Å². The molecule has 2 atom stereocenters. The molecule has 0 spiro atoms. The first-order chi connectivity index (χ1) is 12.3. The Kier molecular flexibility index (Phi) is 13.9. The van der Waals surface area contributed by atoms with Gasteiger partial charge in [0.1, 0.15) is 6.29 Å². The molecule has 0 rings (SSSR count). The molecule has 0 aliphatic rings. The molecule has 0 saturated carbocycles. The van der Waals surface area contributed by atoms with Gasteiger partial charge in [0.15, 0.2) is 16.6 Å². The van der Waals surface area contributed by atoms with Crippen molar-refractivity contribution in [3.63, 3.8) is 0 Å². The third-order valence-electron chi connectivity index (χ3n) is 5.67. The summed E-state index contributed by atoms with van der Waals surface area (Å²) in [6, 6.07) is 0.